The summed E-state index contributed by atoms with van der Waals surface area (Å²) in [6.07, 6.45) is 11.7. The Balaban J connectivity index is 1.38. The van der Waals surface area contributed by atoms with E-state index < -0.39 is 0 Å². The third-order valence-electron chi connectivity index (χ3n) is 9.45. The van der Waals surface area contributed by atoms with Crippen LogP contribution in [0.2, 0.25) is 0 Å². The van der Waals surface area contributed by atoms with Crippen LogP contribution in [0.25, 0.3) is 0 Å². The van der Waals surface area contributed by atoms with Gasteiger partial charge in [-0.3, -0.25) is 0 Å². The lowest BCUT2D eigenvalue weighted by atomic mass is 9.48. The van der Waals surface area contributed by atoms with E-state index >= 15 is 0 Å². The molecule has 4 heteroatoms. The molecule has 0 radical (unpaired) electrons. The van der Waals surface area contributed by atoms with Gasteiger partial charge in [0, 0.05) is 24.7 Å². The van der Waals surface area contributed by atoms with Gasteiger partial charge in [-0.1, -0.05) is 37.1 Å². The Kier molecular flexibility index (Phi) is 3.70. The van der Waals surface area contributed by atoms with Crippen LogP contribution in [0.3, 0.4) is 0 Å². The van der Waals surface area contributed by atoms with Crippen LogP contribution < -0.4 is 0 Å². The first kappa shape index (κ1) is 18.1. The zero-order valence-electron chi connectivity index (χ0n) is 17.6. The monoisotopic (exact) mass is 386 g/mol. The predicted octanol–water partition coefficient (Wildman–Crippen LogP) is 4.60. The van der Waals surface area contributed by atoms with Crippen LogP contribution in [0.5, 0.6) is 0 Å². The van der Waals surface area contributed by atoms with Gasteiger partial charge in [-0.2, -0.15) is 0 Å². The highest BCUT2D eigenvalue weighted by Crippen LogP contribution is 2.68. The van der Waals surface area contributed by atoms with Gasteiger partial charge in [0.05, 0.1) is 26.4 Å². The maximum absolute atomic E-state index is 6.28. The first-order valence-electron chi connectivity index (χ1n) is 11.4. The van der Waals surface area contributed by atoms with Crippen LogP contribution in [0.15, 0.2) is 23.3 Å². The van der Waals surface area contributed by atoms with Gasteiger partial charge in [-0.25, -0.2) is 0 Å². The van der Waals surface area contributed by atoms with Crippen molar-refractivity contribution in [2.45, 2.75) is 70.9 Å². The Morgan fingerprint density at radius 1 is 0.929 bits per heavy atom. The fourth-order valence-corrected chi connectivity index (χ4v) is 8.26. The van der Waals surface area contributed by atoms with E-state index in [1.165, 1.54) is 12.8 Å². The minimum Gasteiger partial charge on any atom is -0.347 e. The molecule has 4 aliphatic carbocycles. The minimum atomic E-state index is -0.378. The topological polar surface area (TPSA) is 36.9 Å². The number of ether oxygens (including phenoxy) is 4. The number of fused-ring (bicyclic) bond motifs is 6. The van der Waals surface area contributed by atoms with Crippen LogP contribution in [-0.2, 0) is 18.9 Å². The second kappa shape index (κ2) is 5.72. The van der Waals surface area contributed by atoms with Crippen LogP contribution in [-0.4, -0.2) is 38.0 Å². The van der Waals surface area contributed by atoms with Crippen molar-refractivity contribution in [1.29, 1.82) is 0 Å². The third-order valence-corrected chi connectivity index (χ3v) is 9.45. The van der Waals surface area contributed by atoms with E-state index in [1.807, 2.05) is 0 Å². The van der Waals surface area contributed by atoms with Crippen molar-refractivity contribution in [3.8, 4) is 0 Å². The lowest BCUT2D eigenvalue weighted by Gasteiger charge is -2.58. The van der Waals surface area contributed by atoms with Crippen LogP contribution in [0.1, 0.15) is 59.3 Å². The van der Waals surface area contributed by atoms with Crippen molar-refractivity contribution in [2.24, 2.45) is 28.6 Å². The molecule has 28 heavy (non-hydrogen) atoms. The number of rotatable bonds is 0. The minimum absolute atomic E-state index is 0.00399. The zero-order valence-corrected chi connectivity index (χ0v) is 17.6. The summed E-state index contributed by atoms with van der Waals surface area (Å²) >= 11 is 0. The molecule has 4 nitrogen and oxygen atoms in total. The van der Waals surface area contributed by atoms with Crippen molar-refractivity contribution in [3.05, 3.63) is 23.3 Å². The van der Waals surface area contributed by atoms with Gasteiger partial charge in [-0.05, 0) is 49.4 Å². The van der Waals surface area contributed by atoms with Gasteiger partial charge in [0.1, 0.15) is 0 Å². The van der Waals surface area contributed by atoms with Gasteiger partial charge in [0.15, 0.2) is 11.6 Å². The molecule has 0 unspecified atom stereocenters. The molecule has 5 atom stereocenters. The molecule has 2 heterocycles. The van der Waals surface area contributed by atoms with E-state index in [0.29, 0.717) is 17.8 Å². The first-order valence-corrected chi connectivity index (χ1v) is 11.4. The standard InChI is InChI=1S/C24H34O4/c1-16-14-22(3)19(6-7-24(22)27-12-13-28-24)18-5-4-17-15-23(25-10-11-26-23)9-8-21(17,2)20(16)18/h4,14,18-20H,5-13,15H2,1-3H3/t18-,19-,20-,21-,22-/m0/s1. The SMILES string of the molecule is CC1=C[C@@]2(C)[C@@H](CCC23OCCO3)[C@@H]2CC=C3CC4(CC[C@]3(C)[C@@H]12)OCCO4. The Labute approximate surface area is 168 Å². The summed E-state index contributed by atoms with van der Waals surface area (Å²) in [6, 6.07) is 0. The smallest absolute Gasteiger partial charge is 0.177 e. The largest absolute Gasteiger partial charge is 0.347 e. The average molecular weight is 387 g/mol. The average Bonchev–Trinajstić information content (AvgIpc) is 3.38. The summed E-state index contributed by atoms with van der Waals surface area (Å²) < 4.78 is 24.7. The van der Waals surface area contributed by atoms with Crippen LogP contribution >= 0.6 is 0 Å². The second-order valence-electron chi connectivity index (χ2n) is 10.6. The lowest BCUT2D eigenvalue weighted by molar-refractivity contribution is -0.216. The summed E-state index contributed by atoms with van der Waals surface area (Å²) in [5.74, 6) is 1.25. The Morgan fingerprint density at radius 3 is 2.39 bits per heavy atom. The summed E-state index contributed by atoms with van der Waals surface area (Å²) in [7, 11) is 0. The molecule has 2 saturated heterocycles. The van der Waals surface area contributed by atoms with E-state index in [-0.39, 0.29) is 22.4 Å². The predicted molar refractivity (Wildman–Crippen MR) is 105 cm³/mol. The molecule has 2 aliphatic heterocycles. The first-order chi connectivity index (χ1) is 13.4. The molecule has 6 aliphatic rings. The zero-order chi connectivity index (χ0) is 19.2. The van der Waals surface area contributed by atoms with Gasteiger partial charge >= 0.3 is 0 Å². The molecule has 0 aromatic heterocycles. The molecular weight excluding hydrogens is 352 g/mol. The molecular formula is C24H34O4. The molecule has 0 amide bonds. The molecule has 4 fully saturated rings. The van der Waals surface area contributed by atoms with Crippen LogP contribution in [0, 0.1) is 28.6 Å². The Hall–Kier alpha value is -0.680. The van der Waals surface area contributed by atoms with Gasteiger partial charge < -0.3 is 18.9 Å². The third kappa shape index (κ3) is 2.11. The van der Waals surface area contributed by atoms with Crippen LogP contribution in [0.4, 0.5) is 0 Å². The fraction of sp³-hybridized carbons (Fsp3) is 0.833. The molecule has 0 aromatic rings. The lowest BCUT2D eigenvalue weighted by Crippen LogP contribution is -2.54. The van der Waals surface area contributed by atoms with E-state index in [0.717, 1.165) is 52.1 Å². The van der Waals surface area contributed by atoms with E-state index in [1.54, 1.807) is 11.1 Å². The molecule has 2 saturated carbocycles. The summed E-state index contributed by atoms with van der Waals surface area (Å²) in [5, 5.41) is 0. The van der Waals surface area contributed by atoms with Gasteiger partial charge in [0.2, 0.25) is 0 Å². The van der Waals surface area contributed by atoms with Gasteiger partial charge in [0.25, 0.3) is 0 Å². The maximum Gasteiger partial charge on any atom is 0.177 e. The quantitative estimate of drug-likeness (QED) is 0.570. The number of hydrogen-bond acceptors (Lipinski definition) is 4. The Bertz CT molecular complexity index is 742. The van der Waals surface area contributed by atoms with Crippen molar-refractivity contribution in [1.82, 2.24) is 0 Å². The van der Waals surface area contributed by atoms with Crippen molar-refractivity contribution in [3.63, 3.8) is 0 Å². The number of allylic oxidation sites excluding steroid dienone is 2. The van der Waals surface area contributed by atoms with E-state index in [9.17, 15) is 0 Å². The molecule has 2 spiro atoms. The normalized spacial score (nSPS) is 48.2. The molecule has 0 N–H and O–H groups in total. The van der Waals surface area contributed by atoms with Crippen molar-refractivity contribution >= 4 is 0 Å². The van der Waals surface area contributed by atoms with Gasteiger partial charge in [-0.15, -0.1) is 0 Å². The summed E-state index contributed by atoms with van der Waals surface area (Å²) in [4.78, 5) is 0. The highest BCUT2D eigenvalue weighted by Gasteiger charge is 2.66. The number of hydrogen-bond donors (Lipinski definition) is 0. The highest BCUT2D eigenvalue weighted by atomic mass is 16.7. The summed E-state index contributed by atoms with van der Waals surface area (Å²) in [6.45, 7) is 10.3. The second-order valence-corrected chi connectivity index (χ2v) is 10.6. The molecule has 0 aromatic carbocycles. The highest BCUT2D eigenvalue weighted by molar-refractivity contribution is 5.35. The maximum atomic E-state index is 6.28. The van der Waals surface area contributed by atoms with E-state index in [2.05, 4.69) is 32.9 Å². The fourth-order valence-electron chi connectivity index (χ4n) is 8.26. The Morgan fingerprint density at radius 2 is 1.64 bits per heavy atom. The van der Waals surface area contributed by atoms with Crippen molar-refractivity contribution < 1.29 is 18.9 Å². The summed E-state index contributed by atoms with van der Waals surface area (Å²) in [5.41, 5.74) is 3.38. The molecule has 154 valence electrons. The van der Waals surface area contributed by atoms with Crippen molar-refractivity contribution in [2.75, 3.05) is 26.4 Å². The van der Waals surface area contributed by atoms with E-state index in [4.69, 9.17) is 18.9 Å². The molecule has 0 bridgehead atoms. The molecule has 6 rings (SSSR count).